The van der Waals surface area contributed by atoms with Crippen molar-refractivity contribution >= 4 is 5.91 Å². The molecule has 2 fully saturated rings. The van der Waals surface area contributed by atoms with E-state index in [1.807, 2.05) is 36.9 Å². The molecular formula is C19H27NO4. The van der Waals surface area contributed by atoms with Crippen molar-refractivity contribution in [2.75, 3.05) is 20.3 Å². The third kappa shape index (κ3) is 3.03. The minimum Gasteiger partial charge on any atom is -0.483 e. The average Bonchev–Trinajstić information content (AvgIpc) is 2.95. The van der Waals surface area contributed by atoms with E-state index in [2.05, 4.69) is 0 Å². The molecule has 1 N–H and O–H groups in total. The molecular weight excluding hydrogens is 306 g/mol. The van der Waals surface area contributed by atoms with Crippen molar-refractivity contribution in [3.05, 3.63) is 29.3 Å². The lowest BCUT2D eigenvalue weighted by Gasteiger charge is -2.42. The van der Waals surface area contributed by atoms with Gasteiger partial charge in [0.1, 0.15) is 5.75 Å². The van der Waals surface area contributed by atoms with Crippen molar-refractivity contribution < 1.29 is 19.4 Å². The molecule has 5 nitrogen and oxygen atoms in total. The van der Waals surface area contributed by atoms with Gasteiger partial charge in [-0.25, -0.2) is 0 Å². The van der Waals surface area contributed by atoms with Crippen molar-refractivity contribution in [1.82, 2.24) is 4.90 Å². The molecule has 5 heteroatoms. The van der Waals surface area contributed by atoms with Crippen LogP contribution in [0.1, 0.15) is 36.8 Å². The summed E-state index contributed by atoms with van der Waals surface area (Å²) in [6, 6.07) is 5.80. The fourth-order valence-corrected chi connectivity index (χ4v) is 4.08. The first kappa shape index (κ1) is 17.2. The number of aliphatic hydroxyl groups is 1. The van der Waals surface area contributed by atoms with Crippen LogP contribution in [-0.2, 0) is 9.53 Å². The number of nitrogens with zero attached hydrogens (tertiary/aromatic N) is 1. The van der Waals surface area contributed by atoms with E-state index in [-0.39, 0.29) is 30.3 Å². The number of aryl methyl sites for hydroxylation is 1. The van der Waals surface area contributed by atoms with Crippen molar-refractivity contribution in [2.24, 2.45) is 0 Å². The summed E-state index contributed by atoms with van der Waals surface area (Å²) in [6.07, 6.45) is 2.60. The highest BCUT2D eigenvalue weighted by molar-refractivity contribution is 5.78. The molecule has 0 spiro atoms. The van der Waals surface area contributed by atoms with Gasteiger partial charge in [0.2, 0.25) is 0 Å². The Morgan fingerprint density at radius 2 is 2.17 bits per heavy atom. The third-order valence-electron chi connectivity index (χ3n) is 5.79. The first-order valence-electron chi connectivity index (χ1n) is 8.68. The second kappa shape index (κ2) is 6.73. The summed E-state index contributed by atoms with van der Waals surface area (Å²) in [5, 5.41) is 10.0. The van der Waals surface area contributed by atoms with Crippen LogP contribution in [-0.4, -0.2) is 53.9 Å². The summed E-state index contributed by atoms with van der Waals surface area (Å²) in [5.41, 5.74) is 1.91. The number of carbonyl (C=O) groups is 1. The maximum Gasteiger partial charge on any atom is 0.260 e. The minimum absolute atomic E-state index is 0.0245. The van der Waals surface area contributed by atoms with Crippen LogP contribution in [0.2, 0.25) is 0 Å². The summed E-state index contributed by atoms with van der Waals surface area (Å²) >= 11 is 0. The molecule has 24 heavy (non-hydrogen) atoms. The zero-order valence-electron chi connectivity index (χ0n) is 14.7. The monoisotopic (exact) mass is 333 g/mol. The van der Waals surface area contributed by atoms with Gasteiger partial charge < -0.3 is 19.5 Å². The molecule has 1 heterocycles. The number of benzene rings is 1. The fourth-order valence-electron chi connectivity index (χ4n) is 4.08. The van der Waals surface area contributed by atoms with Crippen LogP contribution >= 0.6 is 0 Å². The fraction of sp³-hybridized carbons (Fsp3) is 0.632. The first-order valence-corrected chi connectivity index (χ1v) is 8.68. The van der Waals surface area contributed by atoms with Crippen molar-refractivity contribution in [3.63, 3.8) is 0 Å². The van der Waals surface area contributed by atoms with E-state index < -0.39 is 0 Å². The van der Waals surface area contributed by atoms with Gasteiger partial charge in [0.15, 0.2) is 6.61 Å². The summed E-state index contributed by atoms with van der Waals surface area (Å²) in [6.45, 7) is 4.72. The molecule has 3 rings (SSSR count). The van der Waals surface area contributed by atoms with Crippen molar-refractivity contribution in [3.8, 4) is 5.75 Å². The van der Waals surface area contributed by atoms with Gasteiger partial charge in [-0.05, 0) is 56.7 Å². The van der Waals surface area contributed by atoms with E-state index in [1.165, 1.54) is 0 Å². The summed E-state index contributed by atoms with van der Waals surface area (Å²) in [7, 11) is 1.71. The zero-order chi connectivity index (χ0) is 17.3. The summed E-state index contributed by atoms with van der Waals surface area (Å²) in [5.74, 6) is 0.721. The first-order chi connectivity index (χ1) is 11.5. The SMILES string of the molecule is CO[C@@]12CC[C@H](O)C[C@@H]1N(C(=O)COc1cccc(C)c1C)CC2. The van der Waals surface area contributed by atoms with Crippen LogP contribution in [0.15, 0.2) is 18.2 Å². The number of likely N-dealkylation sites (tertiary alicyclic amines) is 1. The van der Waals surface area contributed by atoms with Crippen LogP contribution < -0.4 is 4.74 Å². The Morgan fingerprint density at radius 3 is 2.92 bits per heavy atom. The summed E-state index contributed by atoms with van der Waals surface area (Å²) in [4.78, 5) is 14.5. The highest BCUT2D eigenvalue weighted by Crippen LogP contribution is 2.42. The largest absolute Gasteiger partial charge is 0.483 e. The maximum atomic E-state index is 12.7. The number of ether oxygens (including phenoxy) is 2. The minimum atomic E-state index is -0.355. The molecule has 0 unspecified atom stereocenters. The van der Waals surface area contributed by atoms with Gasteiger partial charge in [0.25, 0.3) is 5.91 Å². The Morgan fingerprint density at radius 1 is 1.38 bits per heavy atom. The van der Waals surface area contributed by atoms with Gasteiger partial charge in [-0.1, -0.05) is 12.1 Å². The normalized spacial score (nSPS) is 29.4. The number of fused-ring (bicyclic) bond motifs is 1. The Bertz CT molecular complexity index is 617. The van der Waals surface area contributed by atoms with E-state index in [4.69, 9.17) is 9.47 Å². The number of hydrogen-bond acceptors (Lipinski definition) is 4. The number of hydrogen-bond donors (Lipinski definition) is 1. The zero-order valence-corrected chi connectivity index (χ0v) is 14.7. The van der Waals surface area contributed by atoms with Gasteiger partial charge in [-0.15, -0.1) is 0 Å². The molecule has 0 aromatic heterocycles. The lowest BCUT2D eigenvalue weighted by molar-refractivity contribution is -0.141. The van der Waals surface area contributed by atoms with Gasteiger partial charge in [0, 0.05) is 13.7 Å². The van der Waals surface area contributed by atoms with Crippen LogP contribution in [0.3, 0.4) is 0 Å². The molecule has 1 aliphatic carbocycles. The predicted octanol–water partition coefficient (Wildman–Crippen LogP) is 2.21. The topological polar surface area (TPSA) is 59.0 Å². The van der Waals surface area contributed by atoms with E-state index in [1.54, 1.807) is 7.11 Å². The van der Waals surface area contributed by atoms with Gasteiger partial charge in [-0.2, -0.15) is 0 Å². The van der Waals surface area contributed by atoms with Gasteiger partial charge >= 0.3 is 0 Å². The lowest BCUT2D eigenvalue weighted by atomic mass is 9.79. The Labute approximate surface area is 143 Å². The molecule has 1 aromatic carbocycles. The molecule has 0 bridgehead atoms. The lowest BCUT2D eigenvalue weighted by Crippen LogP contribution is -2.53. The molecule has 1 saturated carbocycles. The molecule has 3 atom stereocenters. The van der Waals surface area contributed by atoms with Crippen LogP contribution in [0.5, 0.6) is 5.75 Å². The predicted molar refractivity (Wildman–Crippen MR) is 91.1 cm³/mol. The van der Waals surface area contributed by atoms with Gasteiger partial charge in [-0.3, -0.25) is 4.79 Å². The Kier molecular flexibility index (Phi) is 4.83. The number of aliphatic hydroxyl groups excluding tert-OH is 1. The highest BCUT2D eigenvalue weighted by Gasteiger charge is 2.52. The Balaban J connectivity index is 1.68. The van der Waals surface area contributed by atoms with Crippen molar-refractivity contribution in [2.45, 2.75) is 57.3 Å². The molecule has 1 saturated heterocycles. The van der Waals surface area contributed by atoms with E-state index in [0.717, 1.165) is 36.1 Å². The quantitative estimate of drug-likeness (QED) is 0.918. The van der Waals surface area contributed by atoms with Crippen LogP contribution in [0.25, 0.3) is 0 Å². The van der Waals surface area contributed by atoms with Gasteiger partial charge in [0.05, 0.1) is 17.7 Å². The van der Waals surface area contributed by atoms with E-state index in [9.17, 15) is 9.90 Å². The van der Waals surface area contributed by atoms with Crippen LogP contribution in [0.4, 0.5) is 0 Å². The second-order valence-electron chi connectivity index (χ2n) is 7.04. The maximum absolute atomic E-state index is 12.7. The standard InChI is InChI=1S/C19H27NO4/c1-13-5-4-6-16(14(13)2)24-12-18(22)20-10-9-19(23-3)8-7-15(21)11-17(19)20/h4-6,15,17,21H,7-12H2,1-3H3/t15-,17-,19+/m0/s1. The summed E-state index contributed by atoms with van der Waals surface area (Å²) < 4.78 is 11.6. The molecule has 1 amide bonds. The molecule has 1 aliphatic heterocycles. The number of methoxy groups -OCH3 is 1. The smallest absolute Gasteiger partial charge is 0.260 e. The highest BCUT2D eigenvalue weighted by atomic mass is 16.5. The van der Waals surface area contributed by atoms with Crippen LogP contribution in [0, 0.1) is 13.8 Å². The second-order valence-corrected chi connectivity index (χ2v) is 7.04. The number of rotatable bonds is 4. The van der Waals surface area contributed by atoms with E-state index in [0.29, 0.717) is 13.0 Å². The third-order valence-corrected chi connectivity index (χ3v) is 5.79. The van der Waals surface area contributed by atoms with E-state index >= 15 is 0 Å². The van der Waals surface area contributed by atoms with Crippen molar-refractivity contribution in [1.29, 1.82) is 0 Å². The molecule has 2 aliphatic rings. The molecule has 0 radical (unpaired) electrons. The number of carbonyl (C=O) groups excluding carboxylic acids is 1. The Hall–Kier alpha value is -1.59. The average molecular weight is 333 g/mol. The molecule has 1 aromatic rings. The molecule has 132 valence electrons. The number of amides is 1.